The second kappa shape index (κ2) is 8.41. The second-order valence-electron chi connectivity index (χ2n) is 6.64. The van der Waals surface area contributed by atoms with E-state index < -0.39 is 0 Å². The second-order valence-corrected chi connectivity index (χ2v) is 7.08. The topological polar surface area (TPSA) is 72.0 Å². The van der Waals surface area contributed by atoms with E-state index in [9.17, 15) is 9.59 Å². The Labute approximate surface area is 158 Å². The third-order valence-electron chi connectivity index (χ3n) is 4.62. The van der Waals surface area contributed by atoms with Gasteiger partial charge in [0, 0.05) is 24.1 Å². The van der Waals surface area contributed by atoms with E-state index in [4.69, 9.17) is 11.6 Å². The lowest BCUT2D eigenvalue weighted by molar-refractivity contribution is -0.116. The molecule has 1 aliphatic carbocycles. The molecule has 2 aromatic rings. The molecule has 1 aliphatic rings. The summed E-state index contributed by atoms with van der Waals surface area (Å²) in [6.45, 7) is 2.10. The number of nitrogens with zero attached hydrogens (tertiary/aromatic N) is 2. The first-order chi connectivity index (χ1) is 12.6. The Hall–Kier alpha value is -2.27. The van der Waals surface area contributed by atoms with Gasteiger partial charge in [0.2, 0.25) is 11.9 Å². The van der Waals surface area contributed by atoms with E-state index >= 15 is 0 Å². The molecule has 3 rings (SSSR count). The highest BCUT2D eigenvalue weighted by atomic mass is 35.5. The lowest BCUT2D eigenvalue weighted by atomic mass is 9.82. The van der Waals surface area contributed by atoms with Crippen molar-refractivity contribution < 1.29 is 9.59 Å². The van der Waals surface area contributed by atoms with Gasteiger partial charge in [-0.25, -0.2) is 9.97 Å². The standard InChI is InChI=1S/C20H22ClN3O2/c1-2-3-4-8-19(26)24-20-22-12-16-17(23-20)10-14(11-18(16)25)13-6-5-7-15(21)9-13/h5-7,9,12,14H,2-4,8,10-11H2,1H3,(H,22,23,24,26)/t14-/m1/s1. The Kier molecular flexibility index (Phi) is 5.99. The van der Waals surface area contributed by atoms with E-state index in [1.807, 2.05) is 24.3 Å². The van der Waals surface area contributed by atoms with Gasteiger partial charge >= 0.3 is 0 Å². The first kappa shape index (κ1) is 18.5. The number of hydrogen-bond donors (Lipinski definition) is 1. The molecular weight excluding hydrogens is 350 g/mol. The molecule has 1 aromatic carbocycles. The van der Waals surface area contributed by atoms with Crippen molar-refractivity contribution in [2.45, 2.75) is 51.4 Å². The van der Waals surface area contributed by atoms with Gasteiger partial charge in [0.25, 0.3) is 0 Å². The summed E-state index contributed by atoms with van der Waals surface area (Å²) in [6, 6.07) is 7.58. The minimum absolute atomic E-state index is 0.0250. The molecular formula is C20H22ClN3O2. The van der Waals surface area contributed by atoms with Crippen LogP contribution in [0.3, 0.4) is 0 Å². The average molecular weight is 372 g/mol. The first-order valence-corrected chi connectivity index (χ1v) is 9.39. The van der Waals surface area contributed by atoms with Crippen molar-refractivity contribution in [3.05, 3.63) is 52.3 Å². The monoisotopic (exact) mass is 371 g/mol. The summed E-state index contributed by atoms with van der Waals surface area (Å²) in [5, 5.41) is 3.39. The van der Waals surface area contributed by atoms with Crippen molar-refractivity contribution in [3.8, 4) is 0 Å². The van der Waals surface area contributed by atoms with E-state index in [0.717, 1.165) is 24.8 Å². The highest BCUT2D eigenvalue weighted by Crippen LogP contribution is 2.32. The van der Waals surface area contributed by atoms with Crippen LogP contribution in [0.2, 0.25) is 5.02 Å². The molecule has 1 heterocycles. The maximum atomic E-state index is 12.5. The summed E-state index contributed by atoms with van der Waals surface area (Å²) in [7, 11) is 0. The Morgan fingerprint density at radius 1 is 1.31 bits per heavy atom. The number of carbonyl (C=O) groups is 2. The highest BCUT2D eigenvalue weighted by molar-refractivity contribution is 6.30. The Balaban J connectivity index is 1.75. The summed E-state index contributed by atoms with van der Waals surface area (Å²) >= 11 is 6.08. The zero-order valence-electron chi connectivity index (χ0n) is 14.8. The number of Topliss-reactive ketones (excluding diaryl/α,β-unsaturated/α-hetero) is 1. The summed E-state index contributed by atoms with van der Waals surface area (Å²) in [5.41, 5.74) is 2.26. The van der Waals surface area contributed by atoms with E-state index in [0.29, 0.717) is 35.5 Å². The zero-order chi connectivity index (χ0) is 18.5. The summed E-state index contributed by atoms with van der Waals surface area (Å²) < 4.78 is 0. The van der Waals surface area contributed by atoms with Crippen LogP contribution in [-0.4, -0.2) is 21.7 Å². The average Bonchev–Trinajstić information content (AvgIpc) is 2.61. The quantitative estimate of drug-likeness (QED) is 0.755. The van der Waals surface area contributed by atoms with Crippen molar-refractivity contribution in [2.75, 3.05) is 5.32 Å². The van der Waals surface area contributed by atoms with Gasteiger partial charge in [0.15, 0.2) is 5.78 Å². The summed E-state index contributed by atoms with van der Waals surface area (Å²) in [6.07, 6.45) is 5.97. The molecule has 0 spiro atoms. The largest absolute Gasteiger partial charge is 0.295 e. The molecule has 1 amide bonds. The smallest absolute Gasteiger partial charge is 0.229 e. The van der Waals surface area contributed by atoms with Crippen molar-refractivity contribution in [1.82, 2.24) is 9.97 Å². The number of unbranched alkanes of at least 4 members (excludes halogenated alkanes) is 2. The highest BCUT2D eigenvalue weighted by Gasteiger charge is 2.28. The number of halogens is 1. The normalized spacial score (nSPS) is 16.2. The Morgan fingerprint density at radius 2 is 2.15 bits per heavy atom. The Bertz CT molecular complexity index is 822. The van der Waals surface area contributed by atoms with Crippen molar-refractivity contribution in [2.24, 2.45) is 0 Å². The minimum Gasteiger partial charge on any atom is -0.295 e. The number of benzene rings is 1. The maximum Gasteiger partial charge on any atom is 0.229 e. The van der Waals surface area contributed by atoms with E-state index in [-0.39, 0.29) is 23.6 Å². The van der Waals surface area contributed by atoms with Gasteiger partial charge in [-0.1, -0.05) is 43.5 Å². The van der Waals surface area contributed by atoms with Crippen LogP contribution in [0.25, 0.3) is 0 Å². The van der Waals surface area contributed by atoms with Crippen LogP contribution in [0.15, 0.2) is 30.5 Å². The summed E-state index contributed by atoms with van der Waals surface area (Å²) in [5.74, 6) is 0.241. The summed E-state index contributed by atoms with van der Waals surface area (Å²) in [4.78, 5) is 33.0. The van der Waals surface area contributed by atoms with Gasteiger partial charge in [-0.15, -0.1) is 0 Å². The van der Waals surface area contributed by atoms with Gasteiger partial charge < -0.3 is 0 Å². The molecule has 0 bridgehead atoms. The number of ketones is 1. The van der Waals surface area contributed by atoms with Crippen LogP contribution in [0.1, 0.15) is 66.6 Å². The van der Waals surface area contributed by atoms with Gasteiger partial charge in [-0.2, -0.15) is 0 Å². The number of carbonyl (C=O) groups excluding carboxylic acids is 2. The van der Waals surface area contributed by atoms with Gasteiger partial charge in [-0.05, 0) is 36.5 Å². The van der Waals surface area contributed by atoms with Crippen LogP contribution in [0, 0.1) is 0 Å². The molecule has 5 nitrogen and oxygen atoms in total. The third-order valence-corrected chi connectivity index (χ3v) is 4.85. The molecule has 0 radical (unpaired) electrons. The van der Waals surface area contributed by atoms with E-state index in [1.165, 1.54) is 6.20 Å². The molecule has 1 aromatic heterocycles. The predicted octanol–water partition coefficient (Wildman–Crippen LogP) is 4.56. The molecule has 1 atom stereocenters. The number of nitrogens with one attached hydrogen (secondary N) is 1. The number of aromatic nitrogens is 2. The fourth-order valence-corrected chi connectivity index (χ4v) is 3.42. The molecule has 6 heteroatoms. The molecule has 1 N–H and O–H groups in total. The molecule has 26 heavy (non-hydrogen) atoms. The lowest BCUT2D eigenvalue weighted by Crippen LogP contribution is -2.22. The minimum atomic E-state index is -0.0908. The van der Waals surface area contributed by atoms with Crippen molar-refractivity contribution in [1.29, 1.82) is 0 Å². The van der Waals surface area contributed by atoms with Crippen LogP contribution in [0.5, 0.6) is 0 Å². The van der Waals surface area contributed by atoms with Crippen LogP contribution in [0.4, 0.5) is 5.95 Å². The van der Waals surface area contributed by atoms with Gasteiger partial charge in [0.1, 0.15) is 0 Å². The molecule has 136 valence electrons. The fourth-order valence-electron chi connectivity index (χ4n) is 3.22. The molecule has 0 saturated heterocycles. The van der Waals surface area contributed by atoms with Crippen molar-refractivity contribution in [3.63, 3.8) is 0 Å². The lowest BCUT2D eigenvalue weighted by Gasteiger charge is -2.23. The van der Waals surface area contributed by atoms with Gasteiger partial charge in [0.05, 0.1) is 11.3 Å². The Morgan fingerprint density at radius 3 is 2.92 bits per heavy atom. The molecule has 0 fully saturated rings. The SMILES string of the molecule is CCCCCC(=O)Nc1ncc2c(n1)C[C@@H](c1cccc(Cl)c1)CC2=O. The first-order valence-electron chi connectivity index (χ1n) is 9.01. The van der Waals surface area contributed by atoms with E-state index in [2.05, 4.69) is 22.2 Å². The number of anilines is 1. The van der Waals surface area contributed by atoms with E-state index in [1.54, 1.807) is 0 Å². The van der Waals surface area contributed by atoms with Crippen LogP contribution < -0.4 is 5.32 Å². The molecule has 0 aliphatic heterocycles. The number of rotatable bonds is 6. The van der Waals surface area contributed by atoms with Gasteiger partial charge in [-0.3, -0.25) is 14.9 Å². The maximum absolute atomic E-state index is 12.5. The number of fused-ring (bicyclic) bond motifs is 1. The van der Waals surface area contributed by atoms with Crippen LogP contribution in [-0.2, 0) is 11.2 Å². The molecule has 0 unspecified atom stereocenters. The third kappa shape index (κ3) is 4.47. The predicted molar refractivity (Wildman–Crippen MR) is 102 cm³/mol. The fraction of sp³-hybridized carbons (Fsp3) is 0.400. The molecule has 0 saturated carbocycles. The van der Waals surface area contributed by atoms with Crippen LogP contribution >= 0.6 is 11.6 Å². The van der Waals surface area contributed by atoms with Crippen molar-refractivity contribution >= 4 is 29.2 Å². The number of amides is 1. The zero-order valence-corrected chi connectivity index (χ0v) is 15.6. The number of hydrogen-bond acceptors (Lipinski definition) is 4.